The van der Waals surface area contributed by atoms with Crippen LogP contribution in [-0.2, 0) is 94.3 Å². The summed E-state index contributed by atoms with van der Waals surface area (Å²) in [5, 5.41) is 92.7. The summed E-state index contributed by atoms with van der Waals surface area (Å²) in [6.45, 7) is 1.98. The molecule has 0 aliphatic rings. The van der Waals surface area contributed by atoms with Crippen molar-refractivity contribution in [2.24, 2.45) is 23.1 Å². The summed E-state index contributed by atoms with van der Waals surface area (Å²) in [6.07, 6.45) is -4.49. The molecule has 1 heterocycles. The van der Waals surface area contributed by atoms with Gasteiger partial charge in [-0.3, -0.25) is 76.7 Å². The fraction of sp³-hybridized carbons (Fsp3) is 0.492. The summed E-state index contributed by atoms with van der Waals surface area (Å²) in [7, 11) is 0. The number of carbonyl (C=O) groups is 17. The van der Waals surface area contributed by atoms with Crippen LogP contribution >= 0.6 is 0 Å². The van der Waals surface area contributed by atoms with E-state index in [1.165, 1.54) is 6.20 Å². The number of H-pyrrole nitrogens is 1. The third kappa shape index (κ3) is 28.5. The standard InChI is InChI=1S/C61H85N15O24/c1-28(2)17-42(61(99)100)74-56(94)38(21-45(64)79)71-54(92)36(18-30-11-5-4-6-12-30)69-52(90)35(15-9-10-16-62)67-50(88)29(3)66-53(91)39(22-47(82)83)72-55(93)37(19-31-25-65-34-14-8-7-13-32(31)34)70-57(95)41(24-49(86)87)73-59(97)43(26-77)76-60(98)44(27-78)75-58(96)40(23-48(84)85)68-51(89)33(63)20-46(80)81/h4-8,11-14,25,28-29,33,35-44,65,77-78H,9-10,15-24,26-27,62-63H2,1-3H3,(H2,64,79)(H,66,91)(H,67,88)(H,68,89)(H,69,90)(H,70,95)(H,71,92)(H,72,93)(H,73,97)(H,74,94)(H,75,96)(H,76,98)(H,80,81)(H,82,83)(H,84,85)(H,86,87)(H,99,100)/t29-,33-,35-,36-,37-,38-,39-,40-,41-,42-,43-,44-/m0/s1. The fourth-order valence-electron chi connectivity index (χ4n) is 9.61. The number of aliphatic carboxylic acids is 5. The summed E-state index contributed by atoms with van der Waals surface area (Å²) < 4.78 is 0. The number of fused-ring (bicyclic) bond motifs is 1. The molecule has 3 rings (SSSR count). The first kappa shape index (κ1) is 83.0. The Labute approximate surface area is 569 Å². The number of nitrogens with two attached hydrogens (primary N) is 3. The Morgan fingerprint density at radius 3 is 1.25 bits per heavy atom. The molecule has 3 aromatic rings. The van der Waals surface area contributed by atoms with Gasteiger partial charge in [-0.05, 0) is 62.3 Å². The van der Waals surface area contributed by atoms with Gasteiger partial charge >= 0.3 is 29.8 Å². The molecule has 100 heavy (non-hydrogen) atoms. The summed E-state index contributed by atoms with van der Waals surface area (Å²) in [5.74, 6) is -23.5. The third-order valence-electron chi connectivity index (χ3n) is 14.7. The van der Waals surface area contributed by atoms with Crippen molar-refractivity contribution in [2.75, 3.05) is 19.8 Å². The Balaban J connectivity index is 1.92. The number of rotatable bonds is 45. The van der Waals surface area contributed by atoms with Gasteiger partial charge < -0.3 is 116 Å². The maximum atomic E-state index is 14.5. The number of hydrogen-bond acceptors (Lipinski definition) is 21. The second-order valence-corrected chi connectivity index (χ2v) is 23.4. The van der Waals surface area contributed by atoms with Crippen LogP contribution in [0.25, 0.3) is 10.9 Å². The Morgan fingerprint density at radius 1 is 0.420 bits per heavy atom. The van der Waals surface area contributed by atoms with E-state index in [1.807, 2.05) is 21.3 Å². The number of aromatic amines is 1. The number of aromatic nitrogens is 1. The van der Waals surface area contributed by atoms with Crippen LogP contribution in [0.1, 0.15) is 89.7 Å². The van der Waals surface area contributed by atoms with Gasteiger partial charge in [0.1, 0.15) is 66.5 Å². The Bertz CT molecular complexity index is 3440. The van der Waals surface area contributed by atoms with Crippen LogP contribution in [0.2, 0.25) is 0 Å². The lowest BCUT2D eigenvalue weighted by molar-refractivity contribution is -0.143. The third-order valence-corrected chi connectivity index (χ3v) is 14.7. The molecule has 0 aliphatic carbocycles. The van der Waals surface area contributed by atoms with Gasteiger partial charge in [0.05, 0.1) is 51.4 Å². The Morgan fingerprint density at radius 2 is 0.800 bits per heavy atom. The molecule has 0 unspecified atom stereocenters. The number of carboxylic acids is 5. The van der Waals surface area contributed by atoms with Gasteiger partial charge in [0.2, 0.25) is 70.9 Å². The molecule has 25 N–H and O–H groups in total. The number of primary amides is 1. The van der Waals surface area contributed by atoms with E-state index in [0.717, 1.165) is 6.92 Å². The lowest BCUT2D eigenvalue weighted by Crippen LogP contribution is -2.62. The van der Waals surface area contributed by atoms with Gasteiger partial charge in [0, 0.05) is 29.9 Å². The largest absolute Gasteiger partial charge is 0.481 e. The SMILES string of the molecule is CC(C)C[C@H](NC(=O)[C@H](CC(N)=O)NC(=O)[C@H](Cc1ccccc1)NC(=O)[C@H](CCCCN)NC(=O)[C@H](C)NC(=O)[C@H](CC(=O)O)NC(=O)[C@H](Cc1c[nH]c2ccccc12)NC(=O)[C@H](CC(=O)O)NC(=O)[C@H](CO)NC(=O)[C@H](CO)NC(=O)[C@H](CC(=O)O)NC(=O)[C@@H](N)CC(=O)O)C(=O)O. The number of carboxylic acid groups (broad SMARTS) is 5. The molecule has 0 saturated carbocycles. The molecule has 0 spiro atoms. The van der Waals surface area contributed by atoms with Gasteiger partial charge in [-0.15, -0.1) is 0 Å². The Kier molecular flexibility index (Phi) is 34.2. The van der Waals surface area contributed by atoms with Gasteiger partial charge in [-0.2, -0.15) is 0 Å². The minimum absolute atomic E-state index is 0.0320. The minimum Gasteiger partial charge on any atom is -0.481 e. The molecule has 0 fully saturated rings. The quantitative estimate of drug-likeness (QED) is 0.0234. The van der Waals surface area contributed by atoms with E-state index >= 15 is 0 Å². The monoisotopic (exact) mass is 1410 g/mol. The van der Waals surface area contributed by atoms with Gasteiger partial charge in [0.15, 0.2) is 0 Å². The topological polar surface area (TPSA) is 658 Å². The van der Waals surface area contributed by atoms with Crippen molar-refractivity contribution in [1.82, 2.24) is 63.5 Å². The summed E-state index contributed by atoms with van der Waals surface area (Å²) in [6, 6.07) is -7.69. The highest BCUT2D eigenvalue weighted by molar-refractivity contribution is 6.01. The van der Waals surface area contributed by atoms with Crippen LogP contribution in [0.4, 0.5) is 0 Å². The number of aliphatic hydroxyl groups excluding tert-OH is 2. The highest BCUT2D eigenvalue weighted by Gasteiger charge is 2.38. The van der Waals surface area contributed by atoms with Crippen LogP contribution < -0.4 is 75.7 Å². The maximum Gasteiger partial charge on any atom is 0.326 e. The normalized spacial score (nSPS) is 14.6. The number of nitrogens with one attached hydrogen (secondary N) is 12. The van der Waals surface area contributed by atoms with Crippen LogP contribution in [0.3, 0.4) is 0 Å². The van der Waals surface area contributed by atoms with Crippen LogP contribution in [0.15, 0.2) is 60.8 Å². The van der Waals surface area contributed by atoms with E-state index in [2.05, 4.69) is 42.2 Å². The zero-order chi connectivity index (χ0) is 75.1. The maximum absolute atomic E-state index is 14.5. The lowest BCUT2D eigenvalue weighted by Gasteiger charge is -2.27. The van der Waals surface area contributed by atoms with Crippen molar-refractivity contribution in [3.63, 3.8) is 0 Å². The van der Waals surface area contributed by atoms with E-state index in [1.54, 1.807) is 68.4 Å². The molecule has 12 atom stereocenters. The fourth-order valence-corrected chi connectivity index (χ4v) is 9.61. The molecule has 39 nitrogen and oxygen atoms in total. The minimum atomic E-state index is -2.21. The predicted molar refractivity (Wildman–Crippen MR) is 344 cm³/mol. The average molecular weight is 1410 g/mol. The first-order valence-corrected chi connectivity index (χ1v) is 31.1. The number of benzene rings is 2. The van der Waals surface area contributed by atoms with Gasteiger partial charge in [-0.1, -0.05) is 62.4 Å². The van der Waals surface area contributed by atoms with E-state index in [-0.39, 0.29) is 43.7 Å². The summed E-state index contributed by atoms with van der Waals surface area (Å²) in [5.41, 5.74) is 17.9. The first-order chi connectivity index (χ1) is 47.1. The lowest BCUT2D eigenvalue weighted by atomic mass is 10.0. The van der Waals surface area contributed by atoms with Crippen molar-refractivity contribution in [3.8, 4) is 0 Å². The predicted octanol–water partition coefficient (Wildman–Crippen LogP) is -7.35. The zero-order valence-electron chi connectivity index (χ0n) is 54.5. The smallest absolute Gasteiger partial charge is 0.326 e. The molecular formula is C61H85N15O24. The zero-order valence-corrected chi connectivity index (χ0v) is 54.5. The number of unbranched alkanes of at least 4 members (excludes halogenated alkanes) is 1. The van der Waals surface area contributed by atoms with E-state index in [9.17, 15) is 112 Å². The molecule has 12 amide bonds. The molecule has 0 aliphatic heterocycles. The van der Waals surface area contributed by atoms with Crippen LogP contribution in [-0.4, -0.2) is 234 Å². The molecule has 2 aromatic carbocycles. The number of aliphatic hydroxyl groups is 2. The molecule has 1 aromatic heterocycles. The highest BCUT2D eigenvalue weighted by Crippen LogP contribution is 2.20. The number of amides is 12. The van der Waals surface area contributed by atoms with Crippen molar-refractivity contribution < 1.29 is 117 Å². The van der Waals surface area contributed by atoms with Crippen LogP contribution in [0, 0.1) is 5.92 Å². The molecule has 0 saturated heterocycles. The second-order valence-electron chi connectivity index (χ2n) is 23.4. The van der Waals surface area contributed by atoms with Crippen molar-refractivity contribution in [2.45, 2.75) is 164 Å². The molecule has 0 bridgehead atoms. The summed E-state index contributed by atoms with van der Waals surface area (Å²) in [4.78, 5) is 225. The van der Waals surface area contributed by atoms with Crippen LogP contribution in [0.5, 0.6) is 0 Å². The number of hydrogen-bond donors (Lipinski definition) is 22. The van der Waals surface area contributed by atoms with Gasteiger partial charge in [0.25, 0.3) is 0 Å². The molecule has 0 radical (unpaired) electrons. The van der Waals surface area contributed by atoms with Crippen molar-refractivity contribution in [1.29, 1.82) is 0 Å². The first-order valence-electron chi connectivity index (χ1n) is 31.1. The van der Waals surface area contributed by atoms with E-state index < -0.39 is 225 Å². The Hall–Kier alpha value is -11.2. The second kappa shape index (κ2) is 41.2. The van der Waals surface area contributed by atoms with E-state index in [0.29, 0.717) is 22.9 Å². The van der Waals surface area contributed by atoms with Gasteiger partial charge in [-0.25, -0.2) is 4.79 Å². The molecule has 39 heteroatoms. The number of carbonyl (C=O) groups excluding carboxylic acids is 12. The number of para-hydroxylation sites is 1. The summed E-state index contributed by atoms with van der Waals surface area (Å²) >= 11 is 0. The van der Waals surface area contributed by atoms with Crippen molar-refractivity contribution >= 4 is 112 Å². The average Bonchev–Trinajstić information content (AvgIpc) is 1.59. The van der Waals surface area contributed by atoms with E-state index in [4.69, 9.17) is 22.3 Å². The van der Waals surface area contributed by atoms with Crippen molar-refractivity contribution in [3.05, 3.63) is 71.9 Å². The molecular weight excluding hydrogens is 1330 g/mol. The molecule has 548 valence electrons. The highest BCUT2D eigenvalue weighted by atomic mass is 16.4.